The van der Waals surface area contributed by atoms with Gasteiger partial charge in [-0.3, -0.25) is 4.99 Å². The van der Waals surface area contributed by atoms with Gasteiger partial charge < -0.3 is 5.73 Å². The minimum absolute atomic E-state index is 0.382. The lowest BCUT2D eigenvalue weighted by Crippen LogP contribution is -1.89. The predicted octanol–water partition coefficient (Wildman–Crippen LogP) is 0.767. The molecule has 1 rings (SSSR count). The maximum atomic E-state index is 12.4. The molecule has 3 heteroatoms. The van der Waals surface area contributed by atoms with Crippen LogP contribution in [0.2, 0.25) is 0 Å². The number of halogens is 1. The van der Waals surface area contributed by atoms with Gasteiger partial charge in [-0.25, -0.2) is 4.39 Å². The van der Waals surface area contributed by atoms with Crippen LogP contribution in [0.25, 0.3) is 0 Å². The van der Waals surface area contributed by atoms with Crippen LogP contribution in [0.5, 0.6) is 0 Å². The number of nitrogens with two attached hydrogens (primary N) is 1. The van der Waals surface area contributed by atoms with Crippen LogP contribution in [0.15, 0.2) is 28.7 Å². The summed E-state index contributed by atoms with van der Waals surface area (Å²) in [6, 6.07) is 0. The fourth-order valence-electron chi connectivity index (χ4n) is 0.609. The van der Waals surface area contributed by atoms with Crippen molar-refractivity contribution in [3.8, 4) is 0 Å². The Morgan fingerprint density at radius 1 is 1.89 bits per heavy atom. The highest BCUT2D eigenvalue weighted by Crippen LogP contribution is 2.12. The average Bonchev–Trinajstić information content (AvgIpc) is 2.37. The van der Waals surface area contributed by atoms with Crippen molar-refractivity contribution in [3.05, 3.63) is 23.7 Å². The summed E-state index contributed by atoms with van der Waals surface area (Å²) >= 11 is 0. The first kappa shape index (κ1) is 6.01. The van der Waals surface area contributed by atoms with Crippen molar-refractivity contribution >= 4 is 6.21 Å². The summed E-state index contributed by atoms with van der Waals surface area (Å²) in [6.07, 6.45) is 4.12. The Labute approximate surface area is 52.6 Å². The molecule has 0 spiro atoms. The highest BCUT2D eigenvalue weighted by molar-refractivity contribution is 5.76. The normalized spacial score (nSPS) is 18.3. The van der Waals surface area contributed by atoms with Gasteiger partial charge in [0.1, 0.15) is 5.83 Å². The molecule has 2 nitrogen and oxygen atoms in total. The van der Waals surface area contributed by atoms with E-state index in [2.05, 4.69) is 4.99 Å². The summed E-state index contributed by atoms with van der Waals surface area (Å²) in [7, 11) is 0. The van der Waals surface area contributed by atoms with Gasteiger partial charge in [-0.1, -0.05) is 0 Å². The van der Waals surface area contributed by atoms with Gasteiger partial charge >= 0.3 is 0 Å². The maximum Gasteiger partial charge on any atom is 0.143 e. The second-order valence-electron chi connectivity index (χ2n) is 1.70. The third-order valence-corrected chi connectivity index (χ3v) is 1.10. The summed E-state index contributed by atoms with van der Waals surface area (Å²) in [4.78, 5) is 3.78. The quantitative estimate of drug-likeness (QED) is 0.553. The van der Waals surface area contributed by atoms with Gasteiger partial charge in [0.2, 0.25) is 0 Å². The van der Waals surface area contributed by atoms with Crippen molar-refractivity contribution in [2.75, 3.05) is 6.54 Å². The first-order valence-corrected chi connectivity index (χ1v) is 2.61. The number of rotatable bonds is 1. The van der Waals surface area contributed by atoms with Gasteiger partial charge in [0.15, 0.2) is 0 Å². The zero-order valence-corrected chi connectivity index (χ0v) is 4.84. The van der Waals surface area contributed by atoms with E-state index in [1.54, 1.807) is 12.3 Å². The Hall–Kier alpha value is -1.12. The Morgan fingerprint density at radius 3 is 3.11 bits per heavy atom. The first-order chi connectivity index (χ1) is 4.34. The molecule has 1 aliphatic heterocycles. The van der Waals surface area contributed by atoms with E-state index in [1.165, 1.54) is 0 Å². The van der Waals surface area contributed by atoms with E-state index < -0.39 is 0 Å². The molecule has 0 aliphatic carbocycles. The molecule has 0 aromatic rings. The van der Waals surface area contributed by atoms with Gasteiger partial charge in [0.25, 0.3) is 0 Å². The molecule has 1 heterocycles. The second-order valence-corrected chi connectivity index (χ2v) is 1.70. The summed E-state index contributed by atoms with van der Waals surface area (Å²) in [5.74, 6) is -0.382. The van der Waals surface area contributed by atoms with E-state index in [9.17, 15) is 4.39 Å². The Kier molecular flexibility index (Phi) is 1.63. The van der Waals surface area contributed by atoms with E-state index in [1.807, 2.05) is 0 Å². The van der Waals surface area contributed by atoms with Crippen LogP contribution in [0.3, 0.4) is 0 Å². The van der Waals surface area contributed by atoms with Crippen molar-refractivity contribution in [2.24, 2.45) is 10.7 Å². The molecular weight excluding hydrogens is 119 g/mol. The second kappa shape index (κ2) is 2.44. The molecule has 0 unspecified atom stereocenters. The number of hydrogen-bond acceptors (Lipinski definition) is 2. The fourth-order valence-corrected chi connectivity index (χ4v) is 0.609. The molecule has 2 N–H and O–H groups in total. The topological polar surface area (TPSA) is 38.4 Å². The summed E-state index contributed by atoms with van der Waals surface area (Å²) in [5, 5.41) is 0. The lowest BCUT2D eigenvalue weighted by Gasteiger charge is -1.91. The lowest BCUT2D eigenvalue weighted by atomic mass is 10.2. The average molecular weight is 126 g/mol. The summed E-state index contributed by atoms with van der Waals surface area (Å²) in [5.41, 5.74) is 5.47. The molecule has 0 aromatic heterocycles. The first-order valence-electron chi connectivity index (χ1n) is 2.61. The molecular formula is C6H7FN2. The smallest absolute Gasteiger partial charge is 0.143 e. The Morgan fingerprint density at radius 2 is 2.67 bits per heavy atom. The number of allylic oxidation sites excluding steroid dienone is 1. The predicted molar refractivity (Wildman–Crippen MR) is 34.8 cm³/mol. The molecule has 0 amide bonds. The molecule has 0 bridgehead atoms. The van der Waals surface area contributed by atoms with Crippen molar-refractivity contribution in [2.45, 2.75) is 0 Å². The molecule has 0 radical (unpaired) electrons. The van der Waals surface area contributed by atoms with Crippen LogP contribution in [0.4, 0.5) is 4.39 Å². The standard InChI is InChI=1S/C6H7FN2/c7-6(3-8)5-1-2-9-4-5/h1-3H,4,8H2. The molecule has 9 heavy (non-hydrogen) atoms. The van der Waals surface area contributed by atoms with Gasteiger partial charge in [0, 0.05) is 18.0 Å². The van der Waals surface area contributed by atoms with Crippen LogP contribution in [-0.2, 0) is 0 Å². The third-order valence-electron chi connectivity index (χ3n) is 1.10. The highest BCUT2D eigenvalue weighted by Gasteiger charge is 2.03. The molecule has 1 aliphatic rings. The zero-order chi connectivity index (χ0) is 6.69. The highest BCUT2D eigenvalue weighted by atomic mass is 19.1. The zero-order valence-electron chi connectivity index (χ0n) is 4.84. The fraction of sp³-hybridized carbons (Fsp3) is 0.167. The van der Waals surface area contributed by atoms with Crippen LogP contribution in [-0.4, -0.2) is 12.8 Å². The molecule has 0 atom stereocenters. The van der Waals surface area contributed by atoms with Crippen molar-refractivity contribution in [1.29, 1.82) is 0 Å². The van der Waals surface area contributed by atoms with E-state index in [4.69, 9.17) is 5.73 Å². The van der Waals surface area contributed by atoms with Crippen LogP contribution >= 0.6 is 0 Å². The summed E-state index contributed by atoms with van der Waals surface area (Å²) < 4.78 is 12.4. The van der Waals surface area contributed by atoms with E-state index >= 15 is 0 Å². The molecule has 0 saturated carbocycles. The third kappa shape index (κ3) is 1.16. The van der Waals surface area contributed by atoms with Gasteiger partial charge in [-0.15, -0.1) is 0 Å². The van der Waals surface area contributed by atoms with E-state index in [0.29, 0.717) is 12.1 Å². The largest absolute Gasteiger partial charge is 0.402 e. The number of aliphatic imine (C=N–C) groups is 1. The molecule has 48 valence electrons. The Bertz CT molecular complexity index is 191. The molecule has 0 fully saturated rings. The number of nitrogens with zero attached hydrogens (tertiary/aromatic N) is 1. The van der Waals surface area contributed by atoms with Gasteiger partial charge in [0.05, 0.1) is 6.54 Å². The van der Waals surface area contributed by atoms with Crippen molar-refractivity contribution < 1.29 is 4.39 Å². The minimum atomic E-state index is -0.382. The minimum Gasteiger partial charge on any atom is -0.402 e. The van der Waals surface area contributed by atoms with E-state index in [0.717, 1.165) is 6.20 Å². The lowest BCUT2D eigenvalue weighted by molar-refractivity contribution is 0.645. The Balaban J connectivity index is 2.66. The van der Waals surface area contributed by atoms with Crippen molar-refractivity contribution in [3.63, 3.8) is 0 Å². The van der Waals surface area contributed by atoms with Crippen LogP contribution < -0.4 is 5.73 Å². The van der Waals surface area contributed by atoms with Crippen LogP contribution in [0.1, 0.15) is 0 Å². The van der Waals surface area contributed by atoms with E-state index in [-0.39, 0.29) is 5.83 Å². The van der Waals surface area contributed by atoms with Gasteiger partial charge in [-0.05, 0) is 6.08 Å². The SMILES string of the molecule is NC=C(F)C1=CC=NC1. The molecule has 0 aromatic carbocycles. The van der Waals surface area contributed by atoms with Crippen molar-refractivity contribution in [1.82, 2.24) is 0 Å². The number of hydrogen-bond donors (Lipinski definition) is 1. The summed E-state index contributed by atoms with van der Waals surface area (Å²) in [6.45, 7) is 0.416. The maximum absolute atomic E-state index is 12.4. The van der Waals surface area contributed by atoms with Gasteiger partial charge in [-0.2, -0.15) is 0 Å². The monoisotopic (exact) mass is 126 g/mol. The molecule has 0 saturated heterocycles. The van der Waals surface area contributed by atoms with Crippen LogP contribution in [0, 0.1) is 0 Å².